The Labute approximate surface area is 80.1 Å². The van der Waals surface area contributed by atoms with Gasteiger partial charge in [0, 0.05) is 11.6 Å². The number of methoxy groups -OCH3 is 1. The van der Waals surface area contributed by atoms with E-state index in [0.29, 0.717) is 0 Å². The van der Waals surface area contributed by atoms with Gasteiger partial charge in [0.2, 0.25) is 0 Å². The van der Waals surface area contributed by atoms with Gasteiger partial charge in [-0.15, -0.1) is 0 Å². The molecule has 1 rings (SSSR count). The Balaban J connectivity index is 3.14. The molecule has 0 aromatic heterocycles. The molecule has 0 unspecified atom stereocenters. The first kappa shape index (κ1) is 10.9. The summed E-state index contributed by atoms with van der Waals surface area (Å²) in [7, 11) is 1.24. The zero-order valence-electron chi connectivity index (χ0n) is 7.63. The Morgan fingerprint density at radius 2 is 2.07 bits per heavy atom. The van der Waals surface area contributed by atoms with E-state index >= 15 is 0 Å². The standard InChI is InChI=1S/C9H11F2NO2/c1-14-9-3-6(10)5(2-7(9)11)8(12)4-13/h2-3,8,13H,4,12H2,1H3/t8-/m1/s1. The van der Waals surface area contributed by atoms with Crippen LogP contribution < -0.4 is 10.5 Å². The fourth-order valence-corrected chi connectivity index (χ4v) is 1.08. The molecule has 78 valence electrons. The van der Waals surface area contributed by atoms with Gasteiger partial charge in [0.15, 0.2) is 11.6 Å². The number of aliphatic hydroxyl groups is 1. The maximum Gasteiger partial charge on any atom is 0.165 e. The molecular formula is C9H11F2NO2. The molecule has 1 atom stereocenters. The van der Waals surface area contributed by atoms with Crippen LogP contribution in [-0.4, -0.2) is 18.8 Å². The predicted molar refractivity (Wildman–Crippen MR) is 46.9 cm³/mol. The summed E-state index contributed by atoms with van der Waals surface area (Å²) in [6.45, 7) is -0.442. The summed E-state index contributed by atoms with van der Waals surface area (Å²) >= 11 is 0. The summed E-state index contributed by atoms with van der Waals surface area (Å²) in [5, 5.41) is 8.68. The molecule has 0 fully saturated rings. The van der Waals surface area contributed by atoms with Gasteiger partial charge in [-0.2, -0.15) is 0 Å². The predicted octanol–water partition coefficient (Wildman–Crippen LogP) is 0.966. The molecule has 0 aliphatic heterocycles. The smallest absolute Gasteiger partial charge is 0.165 e. The van der Waals surface area contributed by atoms with Gasteiger partial charge in [0.1, 0.15) is 5.82 Å². The fourth-order valence-electron chi connectivity index (χ4n) is 1.08. The monoisotopic (exact) mass is 203 g/mol. The first-order valence-electron chi connectivity index (χ1n) is 3.99. The van der Waals surface area contributed by atoms with Crippen LogP contribution >= 0.6 is 0 Å². The molecule has 1 aromatic rings. The summed E-state index contributed by atoms with van der Waals surface area (Å²) < 4.78 is 30.9. The van der Waals surface area contributed by atoms with E-state index in [9.17, 15) is 8.78 Å². The van der Waals surface area contributed by atoms with E-state index in [4.69, 9.17) is 10.8 Å². The highest BCUT2D eigenvalue weighted by Crippen LogP contribution is 2.24. The van der Waals surface area contributed by atoms with Gasteiger partial charge in [-0.1, -0.05) is 0 Å². The van der Waals surface area contributed by atoms with Crippen molar-refractivity contribution in [3.63, 3.8) is 0 Å². The third-order valence-electron chi connectivity index (χ3n) is 1.87. The van der Waals surface area contributed by atoms with Crippen LogP contribution in [0.3, 0.4) is 0 Å². The molecule has 5 heteroatoms. The van der Waals surface area contributed by atoms with Crippen LogP contribution in [-0.2, 0) is 0 Å². The van der Waals surface area contributed by atoms with Gasteiger partial charge >= 0.3 is 0 Å². The minimum Gasteiger partial charge on any atom is -0.494 e. The van der Waals surface area contributed by atoms with Gasteiger partial charge in [-0.05, 0) is 6.07 Å². The van der Waals surface area contributed by atoms with Crippen molar-refractivity contribution < 1.29 is 18.6 Å². The summed E-state index contributed by atoms with van der Waals surface area (Å²) in [6.07, 6.45) is 0. The molecule has 0 saturated heterocycles. The fraction of sp³-hybridized carbons (Fsp3) is 0.333. The van der Waals surface area contributed by atoms with Crippen molar-refractivity contribution in [1.29, 1.82) is 0 Å². The molecule has 0 spiro atoms. The van der Waals surface area contributed by atoms with Crippen molar-refractivity contribution in [3.05, 3.63) is 29.3 Å². The van der Waals surface area contributed by atoms with Crippen LogP contribution in [0.2, 0.25) is 0 Å². The zero-order chi connectivity index (χ0) is 10.7. The van der Waals surface area contributed by atoms with E-state index in [1.807, 2.05) is 0 Å². The summed E-state index contributed by atoms with van der Waals surface area (Å²) in [4.78, 5) is 0. The van der Waals surface area contributed by atoms with Crippen LogP contribution in [0.4, 0.5) is 8.78 Å². The second-order valence-corrected chi connectivity index (χ2v) is 2.80. The Morgan fingerprint density at radius 3 is 2.57 bits per heavy atom. The lowest BCUT2D eigenvalue weighted by Gasteiger charge is -2.11. The maximum atomic E-state index is 13.2. The van der Waals surface area contributed by atoms with Crippen LogP contribution in [0, 0.1) is 11.6 Å². The lowest BCUT2D eigenvalue weighted by Crippen LogP contribution is -2.16. The van der Waals surface area contributed by atoms with E-state index in [2.05, 4.69) is 4.74 Å². The van der Waals surface area contributed by atoms with Crippen molar-refractivity contribution in [2.75, 3.05) is 13.7 Å². The maximum absolute atomic E-state index is 13.2. The van der Waals surface area contributed by atoms with Crippen LogP contribution in [0.5, 0.6) is 5.75 Å². The number of hydrogen-bond donors (Lipinski definition) is 2. The van der Waals surface area contributed by atoms with E-state index < -0.39 is 24.3 Å². The molecule has 0 aliphatic carbocycles. The second-order valence-electron chi connectivity index (χ2n) is 2.80. The van der Waals surface area contributed by atoms with E-state index in [1.54, 1.807) is 0 Å². The average Bonchev–Trinajstić information content (AvgIpc) is 2.19. The minimum atomic E-state index is -0.921. The number of benzene rings is 1. The number of ether oxygens (including phenoxy) is 1. The van der Waals surface area contributed by atoms with Crippen molar-refractivity contribution in [1.82, 2.24) is 0 Å². The Hall–Kier alpha value is -1.20. The molecule has 0 radical (unpaired) electrons. The van der Waals surface area contributed by atoms with Gasteiger partial charge in [0.25, 0.3) is 0 Å². The van der Waals surface area contributed by atoms with E-state index in [0.717, 1.165) is 12.1 Å². The van der Waals surface area contributed by atoms with Crippen molar-refractivity contribution >= 4 is 0 Å². The molecule has 1 aromatic carbocycles. The van der Waals surface area contributed by atoms with Crippen molar-refractivity contribution in [2.24, 2.45) is 5.73 Å². The lowest BCUT2D eigenvalue weighted by molar-refractivity contribution is 0.264. The Morgan fingerprint density at radius 1 is 1.43 bits per heavy atom. The van der Waals surface area contributed by atoms with Gasteiger partial charge in [0.05, 0.1) is 19.8 Å². The molecule has 0 aliphatic rings. The Bertz CT molecular complexity index is 331. The first-order valence-corrected chi connectivity index (χ1v) is 3.99. The van der Waals surface area contributed by atoms with Crippen molar-refractivity contribution in [3.8, 4) is 5.75 Å². The second kappa shape index (κ2) is 4.34. The topological polar surface area (TPSA) is 55.5 Å². The van der Waals surface area contributed by atoms with Gasteiger partial charge in [-0.25, -0.2) is 8.78 Å². The summed E-state index contributed by atoms with van der Waals surface area (Å²) in [6, 6.07) is 0.908. The third kappa shape index (κ3) is 2.00. The SMILES string of the molecule is COc1cc(F)c([C@H](N)CO)cc1F. The number of nitrogens with two attached hydrogens (primary N) is 1. The van der Waals surface area contributed by atoms with Crippen molar-refractivity contribution in [2.45, 2.75) is 6.04 Å². The zero-order valence-corrected chi connectivity index (χ0v) is 7.63. The molecular weight excluding hydrogens is 192 g/mol. The molecule has 0 bridgehead atoms. The summed E-state index contributed by atoms with van der Waals surface area (Å²) in [5.41, 5.74) is 5.29. The first-order chi connectivity index (χ1) is 6.60. The number of rotatable bonds is 3. The third-order valence-corrected chi connectivity index (χ3v) is 1.87. The molecule has 3 nitrogen and oxygen atoms in total. The van der Waals surface area contributed by atoms with Gasteiger partial charge < -0.3 is 15.6 Å². The molecule has 3 N–H and O–H groups in total. The number of halogens is 2. The number of aliphatic hydroxyl groups excluding tert-OH is 1. The highest BCUT2D eigenvalue weighted by molar-refractivity contribution is 5.32. The largest absolute Gasteiger partial charge is 0.494 e. The molecule has 0 heterocycles. The van der Waals surface area contributed by atoms with Crippen LogP contribution in [0.1, 0.15) is 11.6 Å². The van der Waals surface area contributed by atoms with Crippen LogP contribution in [0.15, 0.2) is 12.1 Å². The minimum absolute atomic E-state index is 0.0641. The summed E-state index contributed by atoms with van der Waals surface area (Å²) in [5.74, 6) is -1.58. The Kier molecular flexibility index (Phi) is 3.38. The highest BCUT2D eigenvalue weighted by Gasteiger charge is 2.15. The van der Waals surface area contributed by atoms with Gasteiger partial charge in [-0.3, -0.25) is 0 Å². The normalized spacial score (nSPS) is 12.6. The molecule has 0 amide bonds. The van der Waals surface area contributed by atoms with Crippen LogP contribution in [0.25, 0.3) is 0 Å². The average molecular weight is 203 g/mol. The van der Waals surface area contributed by atoms with E-state index in [1.165, 1.54) is 7.11 Å². The highest BCUT2D eigenvalue weighted by atomic mass is 19.1. The molecule has 14 heavy (non-hydrogen) atoms. The molecule has 0 saturated carbocycles. The quantitative estimate of drug-likeness (QED) is 0.769. The van der Waals surface area contributed by atoms with E-state index in [-0.39, 0.29) is 11.3 Å². The number of hydrogen-bond acceptors (Lipinski definition) is 3. The lowest BCUT2D eigenvalue weighted by atomic mass is 10.1.